The third-order valence-electron chi connectivity index (χ3n) is 4.55. The van der Waals surface area contributed by atoms with Crippen molar-refractivity contribution in [3.05, 3.63) is 54.1 Å². The molecule has 0 fully saturated rings. The van der Waals surface area contributed by atoms with E-state index in [0.29, 0.717) is 17.2 Å². The zero-order valence-corrected chi connectivity index (χ0v) is 14.4. The fraction of sp³-hybridized carbons (Fsp3) is 0.200. The molecule has 0 atom stereocenters. The average Bonchev–Trinajstić information content (AvgIpc) is 2.66. The topological polar surface area (TPSA) is 51.8 Å². The van der Waals surface area contributed by atoms with Crippen LogP contribution in [-0.4, -0.2) is 21.3 Å². The van der Waals surface area contributed by atoms with Crippen LogP contribution in [0.4, 0.5) is 11.4 Å². The molecule has 4 rings (SSSR count). The summed E-state index contributed by atoms with van der Waals surface area (Å²) in [6, 6.07) is 16.4. The van der Waals surface area contributed by atoms with Crippen LogP contribution in [0.5, 0.6) is 17.2 Å². The third kappa shape index (κ3) is 2.39. The van der Waals surface area contributed by atoms with E-state index in [2.05, 4.69) is 47.0 Å². The predicted octanol–water partition coefficient (Wildman–Crippen LogP) is 4.40. The van der Waals surface area contributed by atoms with E-state index in [1.165, 1.54) is 10.8 Å². The Morgan fingerprint density at radius 1 is 0.720 bits per heavy atom. The Hall–Kier alpha value is -3.08. The number of anilines is 2. The van der Waals surface area contributed by atoms with E-state index in [4.69, 9.17) is 14.2 Å². The van der Waals surface area contributed by atoms with Gasteiger partial charge >= 0.3 is 0 Å². The van der Waals surface area contributed by atoms with Crippen molar-refractivity contribution in [2.24, 2.45) is 0 Å². The van der Waals surface area contributed by atoms with Crippen LogP contribution in [0.2, 0.25) is 0 Å². The van der Waals surface area contributed by atoms with Crippen LogP contribution < -0.4 is 24.8 Å². The van der Waals surface area contributed by atoms with Crippen molar-refractivity contribution in [1.82, 2.24) is 0 Å². The number of hydrogen-bond acceptors (Lipinski definition) is 5. The van der Waals surface area contributed by atoms with Crippen molar-refractivity contribution < 1.29 is 14.2 Å². The van der Waals surface area contributed by atoms with Gasteiger partial charge in [0.15, 0.2) is 11.5 Å². The summed E-state index contributed by atoms with van der Waals surface area (Å²) in [5.74, 6) is 1.88. The summed E-state index contributed by atoms with van der Waals surface area (Å²) in [7, 11) is 4.87. The van der Waals surface area contributed by atoms with Gasteiger partial charge < -0.3 is 24.8 Å². The molecule has 3 aromatic rings. The fourth-order valence-electron chi connectivity index (χ4n) is 3.44. The molecule has 0 radical (unpaired) electrons. The van der Waals surface area contributed by atoms with Crippen molar-refractivity contribution >= 4 is 22.1 Å². The van der Waals surface area contributed by atoms with Crippen LogP contribution in [0.3, 0.4) is 0 Å². The quantitative estimate of drug-likeness (QED) is 0.739. The maximum Gasteiger partial charge on any atom is 0.203 e. The number of benzene rings is 3. The van der Waals surface area contributed by atoms with Gasteiger partial charge in [0.2, 0.25) is 5.75 Å². The summed E-state index contributed by atoms with van der Waals surface area (Å²) in [5, 5.41) is 9.50. The summed E-state index contributed by atoms with van der Waals surface area (Å²) in [6.45, 7) is 0. The van der Waals surface area contributed by atoms with E-state index in [0.717, 1.165) is 16.9 Å². The Kier molecular flexibility index (Phi) is 3.76. The molecule has 0 amide bonds. The minimum Gasteiger partial charge on any atom is -0.493 e. The highest BCUT2D eigenvalue weighted by Gasteiger charge is 2.26. The minimum absolute atomic E-state index is 0.143. The Labute approximate surface area is 146 Å². The number of hydrogen-bond donors (Lipinski definition) is 2. The van der Waals surface area contributed by atoms with Gasteiger partial charge in [0.05, 0.1) is 21.3 Å². The SMILES string of the molecule is COc1ccc(C2Nc3cccc4cccc(c34)N2)c(OC)c1OC. The van der Waals surface area contributed by atoms with Gasteiger partial charge in [-0.1, -0.05) is 24.3 Å². The summed E-state index contributed by atoms with van der Waals surface area (Å²) in [6.07, 6.45) is -0.143. The van der Waals surface area contributed by atoms with Crippen LogP contribution in [0.1, 0.15) is 11.7 Å². The van der Waals surface area contributed by atoms with Crippen molar-refractivity contribution in [2.75, 3.05) is 32.0 Å². The molecule has 0 aliphatic carbocycles. The summed E-state index contributed by atoms with van der Waals surface area (Å²) in [4.78, 5) is 0. The molecule has 0 spiro atoms. The van der Waals surface area contributed by atoms with Gasteiger partial charge in [-0.25, -0.2) is 0 Å². The van der Waals surface area contributed by atoms with Crippen molar-refractivity contribution in [3.8, 4) is 17.2 Å². The molecule has 1 aliphatic heterocycles. The summed E-state index contributed by atoms with van der Waals surface area (Å²) < 4.78 is 16.5. The molecule has 128 valence electrons. The minimum atomic E-state index is -0.143. The summed E-state index contributed by atoms with van der Waals surface area (Å²) >= 11 is 0. The van der Waals surface area contributed by atoms with Crippen molar-refractivity contribution in [3.63, 3.8) is 0 Å². The fourth-order valence-corrected chi connectivity index (χ4v) is 3.44. The molecule has 0 unspecified atom stereocenters. The molecule has 0 saturated carbocycles. The van der Waals surface area contributed by atoms with Crippen LogP contribution in [0.25, 0.3) is 10.8 Å². The first kappa shape index (κ1) is 15.4. The highest BCUT2D eigenvalue weighted by molar-refractivity contribution is 6.04. The lowest BCUT2D eigenvalue weighted by Crippen LogP contribution is -2.24. The van der Waals surface area contributed by atoms with Crippen LogP contribution >= 0.6 is 0 Å². The van der Waals surface area contributed by atoms with Gasteiger partial charge in [0, 0.05) is 22.3 Å². The molecular weight excluding hydrogens is 316 g/mol. The van der Waals surface area contributed by atoms with Crippen LogP contribution in [0, 0.1) is 0 Å². The lowest BCUT2D eigenvalue weighted by Gasteiger charge is -2.31. The predicted molar refractivity (Wildman–Crippen MR) is 100 cm³/mol. The molecule has 5 nitrogen and oxygen atoms in total. The van der Waals surface area contributed by atoms with Crippen molar-refractivity contribution in [1.29, 1.82) is 0 Å². The van der Waals surface area contributed by atoms with Gasteiger partial charge in [-0.15, -0.1) is 0 Å². The molecular formula is C20H20N2O3. The number of nitrogens with one attached hydrogen (secondary N) is 2. The Bertz CT molecular complexity index is 899. The van der Waals surface area contributed by atoms with E-state index in [1.807, 2.05) is 12.1 Å². The molecule has 25 heavy (non-hydrogen) atoms. The highest BCUT2D eigenvalue weighted by atomic mass is 16.5. The molecule has 1 aliphatic rings. The smallest absolute Gasteiger partial charge is 0.203 e. The van der Waals surface area contributed by atoms with E-state index in [1.54, 1.807) is 21.3 Å². The second-order valence-corrected chi connectivity index (χ2v) is 5.85. The number of methoxy groups -OCH3 is 3. The Morgan fingerprint density at radius 3 is 1.92 bits per heavy atom. The standard InChI is InChI=1S/C20H20N2O3/c1-23-16-11-10-13(18(24-2)19(16)25-3)20-21-14-8-4-6-12-7-5-9-15(22-20)17(12)14/h4-11,20-22H,1-3H3. The zero-order valence-electron chi connectivity index (χ0n) is 14.4. The van der Waals surface area contributed by atoms with Gasteiger partial charge in [-0.3, -0.25) is 0 Å². The van der Waals surface area contributed by atoms with Gasteiger partial charge in [-0.2, -0.15) is 0 Å². The maximum atomic E-state index is 5.64. The lowest BCUT2D eigenvalue weighted by atomic mass is 10.0. The first-order valence-electron chi connectivity index (χ1n) is 8.10. The first-order valence-corrected chi connectivity index (χ1v) is 8.10. The maximum absolute atomic E-state index is 5.64. The normalized spacial score (nSPS) is 13.1. The van der Waals surface area contributed by atoms with E-state index in [9.17, 15) is 0 Å². The number of ether oxygens (including phenoxy) is 3. The Morgan fingerprint density at radius 2 is 1.36 bits per heavy atom. The second kappa shape index (κ2) is 6.09. The first-order chi connectivity index (χ1) is 12.3. The van der Waals surface area contributed by atoms with Crippen molar-refractivity contribution in [2.45, 2.75) is 6.17 Å². The average molecular weight is 336 g/mol. The Balaban J connectivity index is 1.82. The largest absolute Gasteiger partial charge is 0.493 e. The van der Waals surface area contributed by atoms with E-state index in [-0.39, 0.29) is 6.17 Å². The second-order valence-electron chi connectivity index (χ2n) is 5.85. The molecule has 0 bridgehead atoms. The summed E-state index contributed by atoms with van der Waals surface area (Å²) in [5.41, 5.74) is 3.13. The molecule has 2 N–H and O–H groups in total. The highest BCUT2D eigenvalue weighted by Crippen LogP contribution is 2.45. The monoisotopic (exact) mass is 336 g/mol. The third-order valence-corrected chi connectivity index (χ3v) is 4.55. The molecule has 3 aromatic carbocycles. The van der Waals surface area contributed by atoms with Crippen LogP contribution in [0.15, 0.2) is 48.5 Å². The molecule has 1 heterocycles. The number of rotatable bonds is 4. The van der Waals surface area contributed by atoms with Gasteiger partial charge in [0.25, 0.3) is 0 Å². The van der Waals surface area contributed by atoms with Gasteiger partial charge in [-0.05, 0) is 29.7 Å². The van der Waals surface area contributed by atoms with Gasteiger partial charge in [0.1, 0.15) is 6.17 Å². The molecule has 0 saturated heterocycles. The molecule has 0 aromatic heterocycles. The van der Waals surface area contributed by atoms with E-state index < -0.39 is 0 Å². The molecule has 5 heteroatoms. The van der Waals surface area contributed by atoms with Crippen LogP contribution in [-0.2, 0) is 0 Å². The van der Waals surface area contributed by atoms with E-state index >= 15 is 0 Å². The lowest BCUT2D eigenvalue weighted by molar-refractivity contribution is 0.321. The zero-order chi connectivity index (χ0) is 17.4.